The molecule has 0 saturated carbocycles. The number of esters is 1. The van der Waals surface area contributed by atoms with Crippen molar-refractivity contribution in [3.05, 3.63) is 23.8 Å². The Bertz CT molecular complexity index is 355. The summed E-state index contributed by atoms with van der Waals surface area (Å²) in [6.45, 7) is 18.1. The van der Waals surface area contributed by atoms with Crippen LogP contribution in [0.2, 0.25) is 0 Å². The van der Waals surface area contributed by atoms with Gasteiger partial charge in [0.1, 0.15) is 0 Å². The second-order valence-electron chi connectivity index (χ2n) is 7.23. The van der Waals surface area contributed by atoms with E-state index in [1.165, 1.54) is 0 Å². The lowest BCUT2D eigenvalue weighted by Gasteiger charge is -2.09. The van der Waals surface area contributed by atoms with Crippen molar-refractivity contribution < 1.29 is 14.6 Å². The van der Waals surface area contributed by atoms with E-state index < -0.39 is 0 Å². The van der Waals surface area contributed by atoms with Crippen molar-refractivity contribution in [2.45, 2.75) is 80.9 Å². The van der Waals surface area contributed by atoms with Crippen molar-refractivity contribution in [1.82, 2.24) is 0 Å². The summed E-state index contributed by atoms with van der Waals surface area (Å²) in [4.78, 5) is 10.6. The molecule has 130 valence electrons. The third-order valence-corrected chi connectivity index (χ3v) is 2.65. The van der Waals surface area contributed by atoms with Crippen LogP contribution in [0.25, 0.3) is 0 Å². The molecule has 1 saturated heterocycles. The van der Waals surface area contributed by atoms with Crippen molar-refractivity contribution >= 4 is 5.97 Å². The van der Waals surface area contributed by atoms with E-state index in [4.69, 9.17) is 9.84 Å². The lowest BCUT2D eigenvalue weighted by atomic mass is 9.97. The summed E-state index contributed by atoms with van der Waals surface area (Å²) in [7, 11) is 0. The number of hydrogen-bond acceptors (Lipinski definition) is 3. The molecule has 1 rings (SSSR count). The van der Waals surface area contributed by atoms with Crippen LogP contribution in [-0.4, -0.2) is 23.3 Å². The van der Waals surface area contributed by atoms with E-state index in [1.54, 1.807) is 13.0 Å². The van der Waals surface area contributed by atoms with E-state index >= 15 is 0 Å². The third kappa shape index (κ3) is 17.0. The van der Waals surface area contributed by atoms with Crippen LogP contribution in [-0.2, 0) is 9.53 Å². The highest BCUT2D eigenvalue weighted by molar-refractivity contribution is 5.74. The van der Waals surface area contributed by atoms with Gasteiger partial charge in [-0.05, 0) is 46.5 Å². The fourth-order valence-electron chi connectivity index (χ4n) is 1.94. The van der Waals surface area contributed by atoms with Crippen LogP contribution in [0.3, 0.4) is 0 Å². The summed E-state index contributed by atoms with van der Waals surface area (Å²) in [6, 6.07) is 0. The van der Waals surface area contributed by atoms with Crippen LogP contribution in [0, 0.1) is 11.3 Å². The molecule has 0 radical (unpaired) electrons. The Morgan fingerprint density at radius 2 is 1.82 bits per heavy atom. The Morgan fingerprint density at radius 3 is 1.86 bits per heavy atom. The molecule has 3 unspecified atom stereocenters. The second kappa shape index (κ2) is 11.5. The molecule has 3 nitrogen and oxygen atoms in total. The molecule has 3 heteroatoms. The predicted molar refractivity (Wildman–Crippen MR) is 94.7 cm³/mol. The summed E-state index contributed by atoms with van der Waals surface area (Å²) in [6.07, 6.45) is 6.83. The number of carbonyl (C=O) groups is 1. The second-order valence-corrected chi connectivity index (χ2v) is 7.23. The number of aliphatic hydroxyl groups is 1. The molecule has 22 heavy (non-hydrogen) atoms. The zero-order valence-corrected chi connectivity index (χ0v) is 15.9. The third-order valence-electron chi connectivity index (χ3n) is 2.65. The molecule has 0 aliphatic carbocycles. The van der Waals surface area contributed by atoms with Gasteiger partial charge in [0.2, 0.25) is 0 Å². The van der Waals surface area contributed by atoms with Gasteiger partial charge in [0.05, 0.1) is 18.1 Å². The fourth-order valence-corrected chi connectivity index (χ4v) is 1.94. The standard InChI is InChI=1S/C7H14.C6H10O2.C6H12O/c1-5-6-7(2,3)4;1-4-3-5(2)8-6(4)7;1-5(2)4-6(3)7/h5-6H,1-4H3;4-5H,3H2,1-2H3;4,6-7H,1-3H3/b6-5+;;. The van der Waals surface area contributed by atoms with E-state index in [1.807, 2.05) is 34.6 Å². The summed E-state index contributed by atoms with van der Waals surface area (Å²) in [5.74, 6) is 0.0856. The lowest BCUT2D eigenvalue weighted by molar-refractivity contribution is -0.143. The van der Waals surface area contributed by atoms with Crippen molar-refractivity contribution in [2.24, 2.45) is 11.3 Å². The van der Waals surface area contributed by atoms with Gasteiger partial charge in [0, 0.05) is 0 Å². The van der Waals surface area contributed by atoms with E-state index in [-0.39, 0.29) is 24.1 Å². The van der Waals surface area contributed by atoms with Gasteiger partial charge in [0.15, 0.2) is 0 Å². The molecular formula is C19H36O3. The summed E-state index contributed by atoms with van der Waals surface area (Å²) >= 11 is 0. The predicted octanol–water partition coefficient (Wildman–Crippen LogP) is 4.90. The van der Waals surface area contributed by atoms with Crippen LogP contribution in [0.15, 0.2) is 23.8 Å². The van der Waals surface area contributed by atoms with Crippen LogP contribution in [0.5, 0.6) is 0 Å². The number of ether oxygens (including phenoxy) is 1. The molecule has 0 aromatic heterocycles. The van der Waals surface area contributed by atoms with Crippen LogP contribution in [0.4, 0.5) is 0 Å². The Labute approximate surface area is 137 Å². The van der Waals surface area contributed by atoms with Gasteiger partial charge in [-0.15, -0.1) is 0 Å². The van der Waals surface area contributed by atoms with E-state index in [9.17, 15) is 4.79 Å². The number of allylic oxidation sites excluding steroid dienone is 3. The van der Waals surface area contributed by atoms with Gasteiger partial charge in [-0.25, -0.2) is 0 Å². The van der Waals surface area contributed by atoms with E-state index in [2.05, 4.69) is 32.9 Å². The Kier molecular flexibility index (Phi) is 12.1. The first-order valence-electron chi connectivity index (χ1n) is 8.06. The topological polar surface area (TPSA) is 46.5 Å². The average Bonchev–Trinajstić information content (AvgIpc) is 2.53. The molecule has 0 amide bonds. The largest absolute Gasteiger partial charge is 0.462 e. The first-order valence-corrected chi connectivity index (χ1v) is 8.06. The van der Waals surface area contributed by atoms with E-state index in [0.29, 0.717) is 5.41 Å². The highest BCUT2D eigenvalue weighted by Gasteiger charge is 2.27. The minimum atomic E-state index is -0.287. The van der Waals surface area contributed by atoms with Crippen LogP contribution >= 0.6 is 0 Å². The van der Waals surface area contributed by atoms with Gasteiger partial charge >= 0.3 is 5.97 Å². The molecule has 0 aromatic carbocycles. The number of aliphatic hydroxyl groups excluding tert-OH is 1. The molecule has 1 aliphatic heterocycles. The van der Waals surface area contributed by atoms with Crippen LogP contribution in [0.1, 0.15) is 68.7 Å². The Balaban J connectivity index is 0. The fraction of sp³-hybridized carbons (Fsp3) is 0.737. The average molecular weight is 312 g/mol. The maximum absolute atomic E-state index is 10.6. The van der Waals surface area contributed by atoms with Crippen molar-refractivity contribution in [1.29, 1.82) is 0 Å². The molecule has 0 bridgehead atoms. The number of carbonyl (C=O) groups excluding carboxylic acids is 1. The minimum absolute atomic E-state index is 0.0440. The summed E-state index contributed by atoms with van der Waals surface area (Å²) in [5, 5.41) is 8.65. The van der Waals surface area contributed by atoms with Crippen molar-refractivity contribution in [3.63, 3.8) is 0 Å². The van der Waals surface area contributed by atoms with Gasteiger partial charge < -0.3 is 9.84 Å². The Hall–Kier alpha value is -1.09. The van der Waals surface area contributed by atoms with E-state index in [0.717, 1.165) is 12.0 Å². The SMILES string of the molecule is C/C=C/C(C)(C)C.CC(C)=CC(C)O.CC1CC(C)C(=O)O1. The molecule has 0 spiro atoms. The maximum atomic E-state index is 10.6. The van der Waals surface area contributed by atoms with Crippen molar-refractivity contribution in [2.75, 3.05) is 0 Å². The van der Waals surface area contributed by atoms with Gasteiger partial charge in [-0.2, -0.15) is 0 Å². The highest BCUT2D eigenvalue weighted by Crippen LogP contribution is 2.18. The maximum Gasteiger partial charge on any atom is 0.309 e. The normalized spacial score (nSPS) is 22.0. The summed E-state index contributed by atoms with van der Waals surface area (Å²) in [5.41, 5.74) is 1.53. The molecule has 1 aliphatic rings. The van der Waals surface area contributed by atoms with Gasteiger partial charge in [-0.3, -0.25) is 4.79 Å². The molecule has 0 aromatic rings. The molecule has 1 fully saturated rings. The first kappa shape index (κ1) is 23.2. The molecular weight excluding hydrogens is 276 g/mol. The molecule has 1 heterocycles. The van der Waals surface area contributed by atoms with Crippen molar-refractivity contribution in [3.8, 4) is 0 Å². The monoisotopic (exact) mass is 312 g/mol. The first-order chi connectivity index (χ1) is 9.88. The Morgan fingerprint density at radius 1 is 1.32 bits per heavy atom. The number of rotatable bonds is 1. The molecule has 1 N–H and O–H groups in total. The zero-order valence-electron chi connectivity index (χ0n) is 15.9. The number of cyclic esters (lactones) is 1. The smallest absolute Gasteiger partial charge is 0.309 e. The quantitative estimate of drug-likeness (QED) is 0.553. The lowest BCUT2D eigenvalue weighted by Crippen LogP contribution is -2.02. The number of hydrogen-bond donors (Lipinski definition) is 1. The van der Waals surface area contributed by atoms with Crippen LogP contribution < -0.4 is 0 Å². The molecule has 3 atom stereocenters. The van der Waals surface area contributed by atoms with Gasteiger partial charge in [0.25, 0.3) is 0 Å². The summed E-state index contributed by atoms with van der Waals surface area (Å²) < 4.78 is 4.83. The minimum Gasteiger partial charge on any atom is -0.462 e. The van der Waals surface area contributed by atoms with Gasteiger partial charge in [-0.1, -0.05) is 51.5 Å². The zero-order chi connectivity index (χ0) is 17.9. The highest BCUT2D eigenvalue weighted by atomic mass is 16.5.